The van der Waals surface area contributed by atoms with Crippen molar-refractivity contribution >= 4 is 114 Å². The predicted octanol–water partition coefficient (Wildman–Crippen LogP) is 24.7. The minimum Gasteiger partial charge on any atom is -0.313 e. The molecule has 0 saturated heterocycles. The monoisotopic (exact) mass is 1180 g/mol. The molecular formula is C87H59NS2. The molecule has 0 fully saturated rings. The van der Waals surface area contributed by atoms with E-state index in [0.29, 0.717) is 0 Å². The number of allylic oxidation sites excluding steroid dienone is 8. The first-order valence-corrected chi connectivity index (χ1v) is 33.2. The lowest BCUT2D eigenvalue weighted by molar-refractivity contribution is 0.854. The summed E-state index contributed by atoms with van der Waals surface area (Å²) in [4.78, 5) is 1.45. The highest BCUT2D eigenvalue weighted by Crippen LogP contribution is 2.52. The molecule has 3 heteroatoms. The summed E-state index contributed by atoms with van der Waals surface area (Å²) in [5.74, 6) is 0.151. The van der Waals surface area contributed by atoms with Crippen molar-refractivity contribution in [1.82, 2.24) is 4.57 Å². The molecule has 12 aromatic carbocycles. The van der Waals surface area contributed by atoms with Crippen LogP contribution >= 0.6 is 22.7 Å². The van der Waals surface area contributed by atoms with Crippen molar-refractivity contribution < 1.29 is 0 Å². The van der Waals surface area contributed by atoms with Crippen LogP contribution in [0.1, 0.15) is 69.1 Å². The van der Waals surface area contributed by atoms with Crippen molar-refractivity contribution in [2.24, 2.45) is 0 Å². The van der Waals surface area contributed by atoms with Gasteiger partial charge in [0.05, 0.1) is 5.52 Å². The van der Waals surface area contributed by atoms with Gasteiger partial charge in [-0.2, -0.15) is 0 Å². The Balaban J connectivity index is 0.879. The summed E-state index contributed by atoms with van der Waals surface area (Å²) in [7, 11) is 0. The third-order valence-corrected chi connectivity index (χ3v) is 21.8. The van der Waals surface area contributed by atoms with Crippen LogP contribution in [-0.4, -0.2) is 4.57 Å². The highest BCUT2D eigenvalue weighted by atomic mass is 32.1. The molecule has 424 valence electrons. The fourth-order valence-corrected chi connectivity index (χ4v) is 17.6. The van der Waals surface area contributed by atoms with Gasteiger partial charge in [0, 0.05) is 63.4 Å². The molecule has 0 aliphatic heterocycles. The topological polar surface area (TPSA) is 4.93 Å². The van der Waals surface area contributed by atoms with Crippen LogP contribution in [0.15, 0.2) is 291 Å². The molecule has 0 radical (unpaired) electrons. The number of nitrogens with zero attached hydrogens (tertiary/aromatic N) is 1. The van der Waals surface area contributed by atoms with Gasteiger partial charge in [0.15, 0.2) is 0 Å². The molecule has 3 aliphatic rings. The summed E-state index contributed by atoms with van der Waals surface area (Å²) in [6.07, 6.45) is 19.9. The number of aromatic nitrogens is 1. The van der Waals surface area contributed by atoms with E-state index >= 15 is 0 Å². The molecular weight excluding hydrogens is 1120 g/mol. The maximum Gasteiger partial charge on any atom is 0.0537 e. The van der Waals surface area contributed by atoms with Gasteiger partial charge in [-0.25, -0.2) is 0 Å². The molecule has 0 saturated carbocycles. The van der Waals surface area contributed by atoms with Crippen molar-refractivity contribution in [2.45, 2.75) is 31.6 Å². The highest BCUT2D eigenvalue weighted by molar-refractivity contribution is 7.26. The average Bonchev–Trinajstić information content (AvgIpc) is 1.36. The molecule has 15 aromatic rings. The number of benzene rings is 12. The Morgan fingerprint density at radius 2 is 0.978 bits per heavy atom. The largest absolute Gasteiger partial charge is 0.313 e. The second-order valence-electron chi connectivity index (χ2n) is 24.4. The maximum absolute atomic E-state index is 2.64. The minimum absolute atomic E-state index is 0.151. The zero-order valence-electron chi connectivity index (χ0n) is 49.5. The highest BCUT2D eigenvalue weighted by Gasteiger charge is 2.31. The fraction of sp³-hybridized carbons (Fsp3) is 0.0575. The van der Waals surface area contributed by atoms with Crippen molar-refractivity contribution in [2.75, 3.05) is 0 Å². The van der Waals surface area contributed by atoms with Gasteiger partial charge < -0.3 is 4.57 Å². The number of fused-ring (bicyclic) bond motifs is 11. The second kappa shape index (κ2) is 21.7. The Morgan fingerprint density at radius 3 is 1.70 bits per heavy atom. The lowest BCUT2D eigenvalue weighted by Crippen LogP contribution is -2.07. The molecule has 1 nitrogen and oxygen atoms in total. The van der Waals surface area contributed by atoms with E-state index in [1.54, 1.807) is 0 Å². The normalized spacial score (nSPS) is 14.7. The van der Waals surface area contributed by atoms with Crippen molar-refractivity contribution in [1.29, 1.82) is 0 Å². The maximum atomic E-state index is 2.64. The van der Waals surface area contributed by atoms with Crippen LogP contribution in [-0.2, 0) is 6.42 Å². The Morgan fingerprint density at radius 1 is 0.378 bits per heavy atom. The standard InChI is InChI=1S/C87H59NS2/c1-2-9-23-55(22-8-1)61-38-44-82-75(46-61)78-52-65(57-26-12-4-13-27-57)50-71(86(78)89-82)63-36-42-80-73(48-63)74-49-64(72-51-66(58-28-14-5-15-29-58)53-79-76-47-62(56-24-10-3-11-25-56)39-45-83(76)90-87(72)79)37-43-81(74)88(80)67-40-41-70-77(54-67)85(60-32-18-7-19-33-60)69-35-21-20-34-68(69)84(70)59-30-16-6-17-31-59/h1-8,10-36,38-42,44-49,51-54,71H,9,37,43,50H2. The summed E-state index contributed by atoms with van der Waals surface area (Å²) in [5.41, 5.74) is 25.7. The van der Waals surface area contributed by atoms with Crippen LogP contribution < -0.4 is 0 Å². The molecule has 0 N–H and O–H groups in total. The van der Waals surface area contributed by atoms with E-state index in [-0.39, 0.29) is 5.92 Å². The lowest BCUT2D eigenvalue weighted by atomic mass is 9.80. The number of hydrogen-bond acceptors (Lipinski definition) is 2. The Bertz CT molecular complexity index is 5550. The van der Waals surface area contributed by atoms with Gasteiger partial charge in [0.2, 0.25) is 0 Å². The Hall–Kier alpha value is -10.4. The molecule has 1 atom stereocenters. The number of hydrogen-bond donors (Lipinski definition) is 0. The smallest absolute Gasteiger partial charge is 0.0537 e. The van der Waals surface area contributed by atoms with Crippen LogP contribution in [0.2, 0.25) is 0 Å². The Kier molecular flexibility index (Phi) is 12.7. The summed E-state index contributed by atoms with van der Waals surface area (Å²) >= 11 is 3.93. The quantitative estimate of drug-likeness (QED) is 0.127. The minimum atomic E-state index is 0.151. The van der Waals surface area contributed by atoms with Gasteiger partial charge >= 0.3 is 0 Å². The molecule has 0 amide bonds. The van der Waals surface area contributed by atoms with E-state index in [0.717, 1.165) is 25.7 Å². The first-order chi connectivity index (χ1) is 44.6. The van der Waals surface area contributed by atoms with E-state index < -0.39 is 0 Å². The summed E-state index contributed by atoms with van der Waals surface area (Å²) in [6, 6.07) is 98.2. The molecule has 3 heterocycles. The van der Waals surface area contributed by atoms with Gasteiger partial charge in [-0.1, -0.05) is 231 Å². The van der Waals surface area contributed by atoms with Crippen LogP contribution in [0.25, 0.3) is 142 Å². The molecule has 18 rings (SSSR count). The molecule has 1 unspecified atom stereocenters. The average molecular weight is 1180 g/mol. The van der Waals surface area contributed by atoms with Crippen LogP contribution in [0.4, 0.5) is 0 Å². The zero-order valence-corrected chi connectivity index (χ0v) is 51.2. The number of rotatable bonds is 9. The zero-order chi connectivity index (χ0) is 59.2. The first kappa shape index (κ1) is 52.7. The van der Waals surface area contributed by atoms with Crippen molar-refractivity contribution in [3.63, 3.8) is 0 Å². The molecule has 90 heavy (non-hydrogen) atoms. The van der Waals surface area contributed by atoms with Gasteiger partial charge in [0.25, 0.3) is 0 Å². The fourth-order valence-electron chi connectivity index (χ4n) is 15.1. The molecule has 0 bridgehead atoms. The van der Waals surface area contributed by atoms with Gasteiger partial charge in [-0.05, 0) is 209 Å². The molecule has 0 spiro atoms. The van der Waals surface area contributed by atoms with Crippen LogP contribution in [0.5, 0.6) is 0 Å². The predicted molar refractivity (Wildman–Crippen MR) is 389 cm³/mol. The Labute approximate surface area is 532 Å². The third kappa shape index (κ3) is 8.86. The number of thiophene rings is 2. The molecule has 3 aromatic heterocycles. The molecule has 3 aliphatic carbocycles. The van der Waals surface area contributed by atoms with Crippen molar-refractivity contribution in [3.8, 4) is 50.2 Å². The van der Waals surface area contributed by atoms with E-state index in [1.807, 2.05) is 22.7 Å². The first-order valence-electron chi connectivity index (χ1n) is 31.6. The van der Waals surface area contributed by atoms with Crippen LogP contribution in [0.3, 0.4) is 0 Å². The summed E-state index contributed by atoms with van der Waals surface area (Å²) in [6.45, 7) is 0. The lowest BCUT2D eigenvalue weighted by Gasteiger charge is -2.24. The van der Waals surface area contributed by atoms with E-state index in [1.165, 1.54) is 174 Å². The van der Waals surface area contributed by atoms with E-state index in [4.69, 9.17) is 0 Å². The second-order valence-corrected chi connectivity index (χ2v) is 26.5. The van der Waals surface area contributed by atoms with Gasteiger partial charge in [0.1, 0.15) is 0 Å². The van der Waals surface area contributed by atoms with Crippen molar-refractivity contribution in [3.05, 3.63) is 335 Å². The van der Waals surface area contributed by atoms with Crippen LogP contribution in [0, 0.1) is 0 Å². The van der Waals surface area contributed by atoms with E-state index in [2.05, 4.69) is 308 Å². The van der Waals surface area contributed by atoms with Gasteiger partial charge in [-0.3, -0.25) is 0 Å². The SMILES string of the molecule is C1=CCC=C(c2ccc3sc4c(c3c2)C=C(c2ccccc2)CC4c2ccc3c(c2)c2c(n3-c3ccc4c(-c5ccccc5)c5ccccc5c(-c5ccccc5)c4c3)CCC(c3cc(-c4ccccc4)cc4c3sc3ccc(-c5ccccc5)cc34)=C2)C=C1. The summed E-state index contributed by atoms with van der Waals surface area (Å²) in [5, 5.41) is 10.3. The summed E-state index contributed by atoms with van der Waals surface area (Å²) < 4.78 is 6.64. The van der Waals surface area contributed by atoms with Gasteiger partial charge in [-0.15, -0.1) is 22.7 Å². The third-order valence-electron chi connectivity index (χ3n) is 19.3. The van der Waals surface area contributed by atoms with E-state index in [9.17, 15) is 0 Å².